The molecule has 2 N–H and O–H groups in total. The van der Waals surface area contributed by atoms with Crippen molar-refractivity contribution in [1.82, 2.24) is 14.9 Å². The van der Waals surface area contributed by atoms with E-state index in [0.29, 0.717) is 44.3 Å². The number of carbonyl (C=O) groups excluding carboxylic acids is 1. The van der Waals surface area contributed by atoms with Crippen LogP contribution >= 0.6 is 11.3 Å². The molecule has 31 heavy (non-hydrogen) atoms. The SMILES string of the molecule is CCCC(=O)OC[C@@H](O)CN(CCOC)Cc1nc2sc3c(c2c(=O)[nH]1)CC[C@@H](C)C3. The van der Waals surface area contributed by atoms with Gasteiger partial charge in [-0.3, -0.25) is 14.5 Å². The van der Waals surface area contributed by atoms with Gasteiger partial charge >= 0.3 is 5.97 Å². The number of thiophene rings is 1. The van der Waals surface area contributed by atoms with E-state index < -0.39 is 6.10 Å². The van der Waals surface area contributed by atoms with Gasteiger partial charge in [0.15, 0.2) is 0 Å². The maximum absolute atomic E-state index is 12.8. The first-order chi connectivity index (χ1) is 14.9. The summed E-state index contributed by atoms with van der Waals surface area (Å²) >= 11 is 1.63. The molecule has 0 bridgehead atoms. The van der Waals surface area contributed by atoms with Crippen molar-refractivity contribution < 1.29 is 19.4 Å². The van der Waals surface area contributed by atoms with Gasteiger partial charge in [-0.1, -0.05) is 13.8 Å². The number of ether oxygens (including phenoxy) is 2. The summed E-state index contributed by atoms with van der Waals surface area (Å²) in [6, 6.07) is 0. The average molecular weight is 452 g/mol. The number of aliphatic hydroxyl groups is 1. The zero-order chi connectivity index (χ0) is 22.4. The van der Waals surface area contributed by atoms with Gasteiger partial charge in [0.1, 0.15) is 23.4 Å². The first-order valence-electron chi connectivity index (χ1n) is 11.0. The van der Waals surface area contributed by atoms with Crippen molar-refractivity contribution in [3.63, 3.8) is 0 Å². The van der Waals surface area contributed by atoms with E-state index in [-0.39, 0.29) is 24.7 Å². The summed E-state index contributed by atoms with van der Waals surface area (Å²) in [4.78, 5) is 36.1. The minimum absolute atomic E-state index is 0.0544. The monoisotopic (exact) mass is 451 g/mol. The Bertz CT molecular complexity index is 941. The largest absolute Gasteiger partial charge is 0.463 e. The van der Waals surface area contributed by atoms with E-state index in [0.717, 1.165) is 29.5 Å². The Morgan fingerprint density at radius 1 is 1.45 bits per heavy atom. The molecule has 9 heteroatoms. The Morgan fingerprint density at radius 2 is 2.26 bits per heavy atom. The number of hydrogen-bond donors (Lipinski definition) is 2. The molecule has 8 nitrogen and oxygen atoms in total. The Balaban J connectivity index is 1.71. The number of aromatic amines is 1. The molecule has 172 valence electrons. The number of esters is 1. The fourth-order valence-electron chi connectivity index (χ4n) is 3.95. The number of aliphatic hydroxyl groups excluding tert-OH is 1. The number of aryl methyl sites for hydroxylation is 1. The van der Waals surface area contributed by atoms with Crippen molar-refractivity contribution >= 4 is 27.5 Å². The standard InChI is InChI=1S/C22H33N3O5S/c1-4-5-19(27)30-13-15(26)11-25(8-9-29-3)12-18-23-21(28)20-16-7-6-14(2)10-17(16)31-22(20)24-18/h14-15,26H,4-13H2,1-3H3,(H,23,24,28)/t14-,15+/m1/s1. The van der Waals surface area contributed by atoms with Crippen LogP contribution in [-0.2, 0) is 33.7 Å². The van der Waals surface area contributed by atoms with Crippen LogP contribution in [0.1, 0.15) is 49.4 Å². The second-order valence-corrected chi connectivity index (χ2v) is 9.44. The third kappa shape index (κ3) is 6.35. The maximum Gasteiger partial charge on any atom is 0.305 e. The summed E-state index contributed by atoms with van der Waals surface area (Å²) in [5.74, 6) is 0.893. The van der Waals surface area contributed by atoms with Gasteiger partial charge in [0, 0.05) is 31.5 Å². The van der Waals surface area contributed by atoms with Crippen LogP contribution in [0.3, 0.4) is 0 Å². The van der Waals surface area contributed by atoms with Gasteiger partial charge in [-0.25, -0.2) is 4.98 Å². The van der Waals surface area contributed by atoms with Crippen LogP contribution in [-0.4, -0.2) is 65.5 Å². The Labute approximate surface area is 186 Å². The fraction of sp³-hybridized carbons (Fsp3) is 0.682. The molecule has 0 radical (unpaired) electrons. The van der Waals surface area contributed by atoms with Gasteiger partial charge in [-0.05, 0) is 37.2 Å². The number of H-pyrrole nitrogens is 1. The summed E-state index contributed by atoms with van der Waals surface area (Å²) in [7, 11) is 1.62. The zero-order valence-electron chi connectivity index (χ0n) is 18.6. The van der Waals surface area contributed by atoms with Crippen LogP contribution < -0.4 is 5.56 Å². The predicted octanol–water partition coefficient (Wildman–Crippen LogP) is 2.26. The molecule has 3 rings (SSSR count). The number of nitrogens with one attached hydrogen (secondary N) is 1. The van der Waals surface area contributed by atoms with Crippen molar-refractivity contribution in [3.8, 4) is 0 Å². The lowest BCUT2D eigenvalue weighted by Gasteiger charge is -2.24. The fourth-order valence-corrected chi connectivity index (χ4v) is 5.35. The predicted molar refractivity (Wildman–Crippen MR) is 120 cm³/mol. The van der Waals surface area contributed by atoms with Crippen molar-refractivity contribution in [2.45, 2.75) is 58.6 Å². The van der Waals surface area contributed by atoms with Gasteiger partial charge in [-0.15, -0.1) is 11.3 Å². The normalized spacial score (nSPS) is 17.1. The molecule has 1 aliphatic rings. The number of rotatable bonds is 11. The third-order valence-electron chi connectivity index (χ3n) is 5.56. The molecule has 2 aromatic heterocycles. The summed E-state index contributed by atoms with van der Waals surface area (Å²) in [6.07, 6.45) is 3.27. The molecule has 0 saturated heterocycles. The number of carbonyl (C=O) groups is 1. The van der Waals surface area contributed by atoms with Crippen LogP contribution in [0.25, 0.3) is 10.2 Å². The van der Waals surface area contributed by atoms with E-state index in [9.17, 15) is 14.7 Å². The van der Waals surface area contributed by atoms with Gasteiger partial charge < -0.3 is 19.6 Å². The molecule has 0 aromatic carbocycles. The van der Waals surface area contributed by atoms with Crippen molar-refractivity contribution in [2.75, 3.05) is 33.4 Å². The van der Waals surface area contributed by atoms with Gasteiger partial charge in [0.25, 0.3) is 5.56 Å². The minimum Gasteiger partial charge on any atom is -0.463 e. The first kappa shape index (κ1) is 23.8. The number of fused-ring (bicyclic) bond motifs is 3. The molecule has 0 fully saturated rings. The molecule has 1 aliphatic carbocycles. The molecule has 0 unspecified atom stereocenters. The highest BCUT2D eigenvalue weighted by Crippen LogP contribution is 2.35. The minimum atomic E-state index is -0.830. The summed E-state index contributed by atoms with van der Waals surface area (Å²) in [5.41, 5.74) is 1.08. The van der Waals surface area contributed by atoms with Crippen LogP contribution in [0.15, 0.2) is 4.79 Å². The lowest BCUT2D eigenvalue weighted by molar-refractivity contribution is -0.147. The quantitative estimate of drug-likeness (QED) is 0.505. The molecular formula is C22H33N3O5S. The summed E-state index contributed by atoms with van der Waals surface area (Å²) in [6.45, 7) is 5.77. The highest BCUT2D eigenvalue weighted by atomic mass is 32.1. The summed E-state index contributed by atoms with van der Waals surface area (Å²) < 4.78 is 10.3. The lowest BCUT2D eigenvalue weighted by atomic mass is 9.89. The van der Waals surface area contributed by atoms with E-state index in [1.165, 1.54) is 10.4 Å². The van der Waals surface area contributed by atoms with Crippen LogP contribution in [0, 0.1) is 5.92 Å². The average Bonchev–Trinajstić information content (AvgIpc) is 3.08. The van der Waals surface area contributed by atoms with Crippen molar-refractivity contribution in [1.29, 1.82) is 0 Å². The summed E-state index contributed by atoms with van der Waals surface area (Å²) in [5, 5.41) is 11.1. The molecule has 0 spiro atoms. The molecule has 2 aromatic rings. The Kier molecular flexibility index (Phi) is 8.59. The highest BCUT2D eigenvalue weighted by Gasteiger charge is 2.23. The van der Waals surface area contributed by atoms with Crippen LogP contribution in [0.2, 0.25) is 0 Å². The van der Waals surface area contributed by atoms with Crippen LogP contribution in [0.4, 0.5) is 0 Å². The van der Waals surface area contributed by atoms with Crippen LogP contribution in [0.5, 0.6) is 0 Å². The van der Waals surface area contributed by atoms with Gasteiger partial charge in [0.2, 0.25) is 0 Å². The van der Waals surface area contributed by atoms with E-state index in [4.69, 9.17) is 14.5 Å². The van der Waals surface area contributed by atoms with E-state index in [2.05, 4.69) is 11.9 Å². The third-order valence-corrected chi connectivity index (χ3v) is 6.71. The van der Waals surface area contributed by atoms with E-state index in [1.54, 1.807) is 18.4 Å². The Hall–Kier alpha value is -1.81. The topological polar surface area (TPSA) is 105 Å². The number of methoxy groups -OCH3 is 1. The van der Waals surface area contributed by atoms with Gasteiger partial charge in [0.05, 0.1) is 18.5 Å². The molecule has 0 amide bonds. The number of aromatic nitrogens is 2. The van der Waals surface area contributed by atoms with Crippen molar-refractivity contribution in [3.05, 3.63) is 26.6 Å². The van der Waals surface area contributed by atoms with E-state index in [1.807, 2.05) is 11.8 Å². The van der Waals surface area contributed by atoms with Crippen molar-refractivity contribution in [2.24, 2.45) is 5.92 Å². The highest BCUT2D eigenvalue weighted by molar-refractivity contribution is 7.18. The van der Waals surface area contributed by atoms with E-state index >= 15 is 0 Å². The molecule has 0 saturated carbocycles. The second-order valence-electron chi connectivity index (χ2n) is 8.36. The van der Waals surface area contributed by atoms with Gasteiger partial charge in [-0.2, -0.15) is 0 Å². The molecular weight excluding hydrogens is 418 g/mol. The number of nitrogens with zero attached hydrogens (tertiary/aromatic N) is 2. The second kappa shape index (κ2) is 11.2. The maximum atomic E-state index is 12.8. The number of hydrogen-bond acceptors (Lipinski definition) is 8. The molecule has 2 atom stereocenters. The Morgan fingerprint density at radius 3 is 3.00 bits per heavy atom. The molecule has 2 heterocycles. The molecule has 0 aliphatic heterocycles. The lowest BCUT2D eigenvalue weighted by Crippen LogP contribution is -2.37. The smallest absolute Gasteiger partial charge is 0.305 e. The first-order valence-corrected chi connectivity index (χ1v) is 11.8. The zero-order valence-corrected chi connectivity index (χ0v) is 19.4.